The Morgan fingerprint density at radius 1 is 0.161 bits per heavy atom. The van der Waals surface area contributed by atoms with Gasteiger partial charge in [0.25, 0.3) is 0 Å². The molecule has 0 heterocycles. The third kappa shape index (κ3) is 95.5. The van der Waals surface area contributed by atoms with Gasteiger partial charge >= 0.3 is 102 Å². The monoisotopic (exact) mass is 1960 g/mol. The highest BCUT2D eigenvalue weighted by Gasteiger charge is 2.18. The summed E-state index contributed by atoms with van der Waals surface area (Å²) in [6.45, 7) is 10.5. The molecule has 0 aliphatic rings. The second-order valence-electron chi connectivity index (χ2n) is 34.4. The Morgan fingerprint density at radius 3 is 0.423 bits per heavy atom. The summed E-state index contributed by atoms with van der Waals surface area (Å²) in [5, 5.41) is 2.52. The molecule has 137 heavy (non-hydrogen) atoms. The van der Waals surface area contributed by atoms with Gasteiger partial charge in [-0.25, -0.2) is 4.79 Å². The Kier molecular flexibility index (Phi) is 90.5. The second kappa shape index (κ2) is 97.0. The smallest absolute Gasteiger partial charge is 0.407 e. The molecule has 0 fully saturated rings. The van der Waals surface area contributed by atoms with Crippen molar-refractivity contribution in [2.75, 3.05) is 119 Å². The summed E-state index contributed by atoms with van der Waals surface area (Å²) in [5.74, 6) is -4.71. The fourth-order valence-electron chi connectivity index (χ4n) is 13.1. The predicted molar refractivity (Wildman–Crippen MR) is 506 cm³/mol. The van der Waals surface area contributed by atoms with E-state index in [2.05, 4.69) is 5.32 Å². The predicted octanol–water partition coefficient (Wildman–Crippen LogP) is 18.7. The van der Waals surface area contributed by atoms with E-state index < -0.39 is 6.09 Å². The zero-order valence-corrected chi connectivity index (χ0v) is 83.7. The molecule has 790 valence electrons. The first-order valence-corrected chi connectivity index (χ1v) is 51.9. The van der Waals surface area contributed by atoms with Crippen molar-refractivity contribution in [1.82, 2.24) is 5.32 Å². The number of ether oxygens (including phenoxy) is 17. The van der Waals surface area contributed by atoms with Crippen LogP contribution in [0, 0.1) is 5.92 Å². The van der Waals surface area contributed by atoms with Gasteiger partial charge in [-0.15, -0.1) is 0 Å². The van der Waals surface area contributed by atoms with Crippen LogP contribution in [-0.4, -0.2) is 220 Å². The number of hydrogen-bond acceptors (Lipinski definition) is 34. The van der Waals surface area contributed by atoms with Crippen LogP contribution in [0.15, 0.2) is 0 Å². The van der Waals surface area contributed by atoms with Gasteiger partial charge in [0.2, 0.25) is 0 Å². The van der Waals surface area contributed by atoms with Crippen LogP contribution in [0.25, 0.3) is 0 Å². The van der Waals surface area contributed by atoms with Crippen molar-refractivity contribution in [1.29, 1.82) is 0 Å². The summed E-state index contributed by atoms with van der Waals surface area (Å²) in [6.07, 6.45) is 35.6. The van der Waals surface area contributed by atoms with Gasteiger partial charge in [0, 0.05) is 96.3 Å². The molecule has 35 heteroatoms. The van der Waals surface area contributed by atoms with E-state index >= 15 is 0 Å². The van der Waals surface area contributed by atoms with Crippen molar-refractivity contribution in [3.8, 4) is 0 Å². The Balaban J connectivity index is 3.54. The SMILES string of the molecule is CCCCOC(=O)CCCCCOC(=O)CCCCCOC(=O)CCCCCOC(=O)CCCCCOC(=O)CCCCCOC(=O)CCCCCOC(=O)CCCCCOC(=O)CCCCCOC(=O)CCCCCOC(=O)CCCCCOC(=O)CCCCCOC(=O)CCCCCOC(=O)CCCCCOC(=O)CCCCCOC(=O)CCCCCOC(=O)NCCOC(=O)C(C)CC. The Hall–Kier alpha value is -9.21. The molecule has 0 saturated carbocycles. The molecule has 0 bridgehead atoms. The van der Waals surface area contributed by atoms with Gasteiger partial charge in [-0.05, 0) is 302 Å². The molecule has 1 atom stereocenters. The van der Waals surface area contributed by atoms with Gasteiger partial charge in [0.05, 0.1) is 118 Å². The van der Waals surface area contributed by atoms with E-state index in [1.54, 1.807) is 6.92 Å². The quantitative estimate of drug-likeness (QED) is 0.0336. The fourth-order valence-corrected chi connectivity index (χ4v) is 13.1. The summed E-state index contributed by atoms with van der Waals surface area (Å²) < 4.78 is 89.5. The molecule has 0 aromatic heterocycles. The molecule has 1 unspecified atom stereocenters. The van der Waals surface area contributed by atoms with Crippen LogP contribution in [0.5, 0.6) is 0 Å². The van der Waals surface area contributed by atoms with Crippen LogP contribution < -0.4 is 5.32 Å². The molecule has 0 spiro atoms. The number of amides is 1. The van der Waals surface area contributed by atoms with E-state index in [1.807, 2.05) is 13.8 Å². The molecular weight excluding hydrogens is 1780 g/mol. The second-order valence-corrected chi connectivity index (χ2v) is 34.4. The molecule has 0 aromatic rings. The molecular formula is C102H173NO34. The number of nitrogens with one attached hydrogen (secondary N) is 1. The lowest BCUT2D eigenvalue weighted by Gasteiger charge is -2.10. The maximum absolute atomic E-state index is 12.2. The number of hydrogen-bond donors (Lipinski definition) is 1. The maximum Gasteiger partial charge on any atom is 0.407 e. The van der Waals surface area contributed by atoms with Crippen LogP contribution in [0.3, 0.4) is 0 Å². The van der Waals surface area contributed by atoms with Crippen molar-refractivity contribution >= 4 is 102 Å². The van der Waals surface area contributed by atoms with Gasteiger partial charge in [-0.2, -0.15) is 0 Å². The first-order valence-electron chi connectivity index (χ1n) is 51.9. The highest BCUT2D eigenvalue weighted by molar-refractivity contribution is 5.75. The first kappa shape index (κ1) is 128. The Morgan fingerprint density at radius 2 is 0.292 bits per heavy atom. The van der Waals surface area contributed by atoms with E-state index in [1.165, 1.54) is 0 Å². The molecule has 0 rings (SSSR count). The van der Waals surface area contributed by atoms with Gasteiger partial charge in [0.15, 0.2) is 0 Å². The topological polar surface area (TPSA) is 459 Å². The molecule has 0 aliphatic heterocycles. The highest BCUT2D eigenvalue weighted by Crippen LogP contribution is 2.17. The zero-order valence-electron chi connectivity index (χ0n) is 83.7. The number of rotatable bonds is 98. The largest absolute Gasteiger partial charge is 0.466 e. The minimum atomic E-state index is -0.589. The lowest BCUT2D eigenvalue weighted by molar-refractivity contribution is -0.148. The Bertz CT molecular complexity index is 3050. The van der Waals surface area contributed by atoms with Gasteiger partial charge in [-0.1, -0.05) is 27.2 Å². The normalized spacial score (nSPS) is 11.1. The van der Waals surface area contributed by atoms with Gasteiger partial charge < -0.3 is 85.8 Å². The summed E-state index contributed by atoms with van der Waals surface area (Å²) in [4.78, 5) is 205. The van der Waals surface area contributed by atoms with Crippen molar-refractivity contribution in [3.63, 3.8) is 0 Å². The molecule has 0 saturated heterocycles. The summed E-state index contributed by atoms with van der Waals surface area (Å²) in [7, 11) is 0. The average Bonchev–Trinajstić information content (AvgIpc) is 0.980. The Labute approximate surface area is 815 Å². The van der Waals surface area contributed by atoms with Gasteiger partial charge in [-0.3, -0.25) is 76.7 Å². The van der Waals surface area contributed by atoms with Crippen LogP contribution >= 0.6 is 0 Å². The maximum atomic E-state index is 12.2. The fraction of sp³-hybridized carbons (Fsp3) is 0.833. The minimum absolute atomic E-state index is 0.0792. The van der Waals surface area contributed by atoms with E-state index in [0.29, 0.717) is 309 Å². The molecule has 0 radical (unpaired) electrons. The number of unbranched alkanes of at least 4 members (excludes halogenated alkanes) is 31. The summed E-state index contributed by atoms with van der Waals surface area (Å²) in [6, 6.07) is 0. The van der Waals surface area contributed by atoms with E-state index in [-0.39, 0.29) is 284 Å². The number of alkyl carbamates (subject to hydrolysis) is 1. The summed E-state index contributed by atoms with van der Waals surface area (Å²) >= 11 is 0. The van der Waals surface area contributed by atoms with E-state index in [9.17, 15) is 81.5 Å². The number of esters is 16. The lowest BCUT2D eigenvalue weighted by atomic mass is 10.1. The van der Waals surface area contributed by atoms with Crippen LogP contribution in [-0.2, 0) is 157 Å². The average molecular weight is 1960 g/mol. The van der Waals surface area contributed by atoms with Crippen LogP contribution in [0.4, 0.5) is 4.79 Å². The minimum Gasteiger partial charge on any atom is -0.466 e. The molecule has 1 amide bonds. The number of carbonyl (C=O) groups excluding carboxylic acids is 17. The molecule has 0 aliphatic carbocycles. The molecule has 0 aromatic carbocycles. The van der Waals surface area contributed by atoms with E-state index in [4.69, 9.17) is 80.5 Å². The van der Waals surface area contributed by atoms with Crippen molar-refractivity contribution in [2.24, 2.45) is 5.92 Å². The van der Waals surface area contributed by atoms with Crippen molar-refractivity contribution in [3.05, 3.63) is 0 Å². The van der Waals surface area contributed by atoms with Crippen LogP contribution in [0.1, 0.15) is 425 Å². The zero-order chi connectivity index (χ0) is 100. The highest BCUT2D eigenvalue weighted by atomic mass is 16.6. The van der Waals surface area contributed by atoms with Crippen LogP contribution in [0.2, 0.25) is 0 Å². The van der Waals surface area contributed by atoms with E-state index in [0.717, 1.165) is 32.1 Å². The number of carbonyl (C=O) groups is 17. The first-order chi connectivity index (χ1) is 66.5. The van der Waals surface area contributed by atoms with Crippen molar-refractivity contribution in [2.45, 2.75) is 425 Å². The van der Waals surface area contributed by atoms with Crippen molar-refractivity contribution < 1.29 is 162 Å². The standard InChI is InChI=1S/C102H173NO34/c1-4-6-68-121-86(104)52-22-7-37-69-122-87(105)53-23-8-38-70-123-88(106)54-24-9-39-71-124-89(107)55-25-10-40-72-125-90(108)56-26-11-41-73-126-91(109)57-27-12-42-74-127-92(110)58-28-13-43-75-128-93(111)59-29-14-44-76-129-94(112)60-30-15-45-77-130-95(113)61-31-16-46-78-131-96(114)62-32-17-47-79-132-97(115)63-33-18-48-80-133-98(116)64-34-19-49-81-134-99(117)65-35-20-50-82-135-100(118)66-36-21-51-83-137-102(120)103-67-84-136-101(119)85(3)5-2/h85H,4-84H2,1-3H3,(H,103,120). The molecule has 35 nitrogen and oxygen atoms in total. The lowest BCUT2D eigenvalue weighted by Crippen LogP contribution is -2.29. The molecule has 1 N–H and O–H groups in total. The van der Waals surface area contributed by atoms with Gasteiger partial charge in [0.1, 0.15) is 6.61 Å². The summed E-state index contributed by atoms with van der Waals surface area (Å²) in [5.41, 5.74) is 0. The third-order valence-corrected chi connectivity index (χ3v) is 21.7. The third-order valence-electron chi connectivity index (χ3n) is 21.7.